The van der Waals surface area contributed by atoms with E-state index in [1.54, 1.807) is 0 Å². The van der Waals surface area contributed by atoms with Gasteiger partial charge in [0.05, 0.1) is 79.0 Å². The van der Waals surface area contributed by atoms with E-state index in [2.05, 4.69) is 181 Å². The van der Waals surface area contributed by atoms with Gasteiger partial charge in [0.2, 0.25) is 0 Å². The Morgan fingerprint density at radius 2 is 0.790 bits per heavy atom. The maximum atomic E-state index is 6.28. The van der Waals surface area contributed by atoms with Crippen molar-refractivity contribution >= 4 is 0 Å². The van der Waals surface area contributed by atoms with Crippen LogP contribution in [0.4, 0.5) is 0 Å². The van der Waals surface area contributed by atoms with Crippen LogP contribution < -0.4 is 24.8 Å². The lowest BCUT2D eigenvalue weighted by molar-refractivity contribution is -0.904. The predicted molar refractivity (Wildman–Crippen MR) is 255 cm³/mol. The molecule has 0 saturated heterocycles. The minimum atomic E-state index is -0.149. The molecule has 8 heteroatoms. The lowest BCUT2D eigenvalue weighted by atomic mass is 9.86. The lowest BCUT2D eigenvalue weighted by Gasteiger charge is -2.33. The molecule has 0 aromatic heterocycles. The topological polar surface area (TPSA) is 36.9 Å². The highest BCUT2D eigenvalue weighted by molar-refractivity contribution is 5.24. The van der Waals surface area contributed by atoms with Crippen molar-refractivity contribution in [3.63, 3.8) is 0 Å². The zero-order valence-corrected chi connectivity index (χ0v) is 42.7. The van der Waals surface area contributed by atoms with Crippen molar-refractivity contribution in [2.45, 2.75) is 118 Å². The number of benzene rings is 2. The Labute approximate surface area is 393 Å². The molecule has 62 heavy (non-hydrogen) atoms. The maximum absolute atomic E-state index is 6.28. The third kappa shape index (κ3) is 24.1. The lowest BCUT2D eigenvalue weighted by Crippen LogP contribution is -3.00. The molecule has 2 aromatic carbocycles. The molecule has 4 rings (SSSR count). The maximum Gasteiger partial charge on any atom is 0.104 e. The summed E-state index contributed by atoms with van der Waals surface area (Å²) >= 11 is 0. The molecular weight excluding hydrogens is 812 g/mol. The molecule has 352 valence electrons. The predicted octanol–water partition coefficient (Wildman–Crippen LogP) is 5.60. The molecule has 0 aliphatic heterocycles. The van der Waals surface area contributed by atoms with Gasteiger partial charge in [-0.15, -0.1) is 0 Å². The van der Waals surface area contributed by atoms with Crippen LogP contribution >= 0.6 is 0 Å². The Hall–Kier alpha value is -2.26. The highest BCUT2D eigenvalue weighted by Crippen LogP contribution is 2.31. The number of hydrogen-bond donors (Lipinski definition) is 0. The van der Waals surface area contributed by atoms with Crippen molar-refractivity contribution in [3.05, 3.63) is 119 Å². The summed E-state index contributed by atoms with van der Waals surface area (Å²) in [6.45, 7) is 26.3. The molecule has 0 heterocycles. The molecule has 0 N–H and O–H groups in total. The van der Waals surface area contributed by atoms with Crippen LogP contribution in [0, 0.1) is 23.7 Å². The monoisotopic (exact) mass is 899 g/mol. The summed E-state index contributed by atoms with van der Waals surface area (Å²) < 4.78 is 26.3. The quantitative estimate of drug-likeness (QED) is 0.0912. The first-order chi connectivity index (χ1) is 28.4. The summed E-state index contributed by atoms with van der Waals surface area (Å²) in [5, 5.41) is 0. The van der Waals surface area contributed by atoms with Crippen LogP contribution in [-0.4, -0.2) is 101 Å². The summed E-state index contributed by atoms with van der Waals surface area (Å²) in [4.78, 5) is 0. The standard InChI is InChI=1S/2C27H44NO2.2ClH/c2*1-23(2)20-25-10-12-26(13-11-25)22-28(5,6)16-17-29-18-19-30-27(21-24(3)4)14-8-7-9-15-27;;/h2*7-14,23-24H,15-22H2,1-6H3;2*1H/q2*+1;;/p-2. The van der Waals surface area contributed by atoms with Crippen molar-refractivity contribution in [2.24, 2.45) is 23.7 Å². The van der Waals surface area contributed by atoms with E-state index in [1.165, 1.54) is 22.3 Å². The SMILES string of the molecule is CC(C)Cc1ccc(C[N+](C)(C)CCOCCOC2(CC(C)C)C=CC=CC2)cc1.CC(C)Cc1ccc(C[N+](C)(C)CCOCCOC2(CC(C)C)C=CC=CC2)cc1.[Cl-].[Cl-]. The molecule has 6 nitrogen and oxygen atoms in total. The van der Waals surface area contributed by atoms with Crippen molar-refractivity contribution in [2.75, 3.05) is 80.9 Å². The Morgan fingerprint density at radius 3 is 1.08 bits per heavy atom. The Kier molecular flexibility index (Phi) is 27.3. The summed E-state index contributed by atoms with van der Waals surface area (Å²) in [6, 6.07) is 18.3. The van der Waals surface area contributed by atoms with Gasteiger partial charge in [-0.25, -0.2) is 0 Å². The average molecular weight is 900 g/mol. The van der Waals surface area contributed by atoms with Crippen LogP contribution in [0.3, 0.4) is 0 Å². The van der Waals surface area contributed by atoms with E-state index in [0.717, 1.165) is 86.9 Å². The van der Waals surface area contributed by atoms with E-state index in [0.29, 0.717) is 50.1 Å². The first-order valence-electron chi connectivity index (χ1n) is 23.3. The minimum Gasteiger partial charge on any atom is -1.00 e. The number of hydrogen-bond acceptors (Lipinski definition) is 4. The average Bonchev–Trinajstić information content (AvgIpc) is 3.16. The largest absolute Gasteiger partial charge is 1.00 e. The molecule has 2 aliphatic rings. The Balaban J connectivity index is 0.000000601. The van der Waals surface area contributed by atoms with Gasteiger partial charge in [-0.3, -0.25) is 0 Å². The number of quaternary nitrogens is 2. The number of ether oxygens (including phenoxy) is 4. The van der Waals surface area contributed by atoms with Crippen LogP contribution in [-0.2, 0) is 44.9 Å². The Morgan fingerprint density at radius 1 is 0.452 bits per heavy atom. The Bertz CT molecular complexity index is 1480. The fraction of sp³-hybridized carbons (Fsp3) is 0.630. The van der Waals surface area contributed by atoms with Gasteiger partial charge in [-0.2, -0.15) is 0 Å². The van der Waals surface area contributed by atoms with Crippen LogP contribution in [0.25, 0.3) is 0 Å². The molecule has 0 saturated carbocycles. The minimum absolute atomic E-state index is 0. The van der Waals surface area contributed by atoms with Crippen molar-refractivity contribution in [3.8, 4) is 0 Å². The first kappa shape index (κ1) is 57.8. The summed E-state index contributed by atoms with van der Waals surface area (Å²) in [7, 11) is 9.11. The van der Waals surface area contributed by atoms with E-state index < -0.39 is 0 Å². The molecule has 0 bridgehead atoms. The molecule has 0 spiro atoms. The van der Waals surface area contributed by atoms with E-state index in [1.807, 2.05) is 0 Å². The second-order valence-corrected chi connectivity index (χ2v) is 20.7. The van der Waals surface area contributed by atoms with E-state index >= 15 is 0 Å². The molecule has 0 amide bonds. The number of rotatable bonds is 26. The zero-order valence-electron chi connectivity index (χ0n) is 41.1. The van der Waals surface area contributed by atoms with Crippen LogP contribution in [0.15, 0.2) is 97.1 Å². The number of nitrogens with zero attached hydrogens (tertiary/aromatic N) is 2. The van der Waals surface area contributed by atoms with Gasteiger partial charge >= 0.3 is 0 Å². The van der Waals surface area contributed by atoms with Gasteiger partial charge in [0.25, 0.3) is 0 Å². The fourth-order valence-electron chi connectivity index (χ4n) is 8.39. The molecular formula is C54H88Cl2N2O4. The third-order valence-corrected chi connectivity index (χ3v) is 11.2. The molecule has 2 unspecified atom stereocenters. The number of likely N-dealkylation sites (N-methyl/N-ethyl adjacent to an activating group) is 2. The number of allylic oxidation sites excluding steroid dienone is 4. The van der Waals surface area contributed by atoms with Crippen molar-refractivity contribution in [1.82, 2.24) is 0 Å². The van der Waals surface area contributed by atoms with Gasteiger partial charge in [0, 0.05) is 11.1 Å². The van der Waals surface area contributed by atoms with Gasteiger partial charge in [-0.05, 0) is 73.3 Å². The first-order valence-corrected chi connectivity index (χ1v) is 23.3. The molecule has 2 atom stereocenters. The normalized spacial score (nSPS) is 18.6. The molecule has 0 fully saturated rings. The number of halogens is 2. The summed E-state index contributed by atoms with van der Waals surface area (Å²) in [5.74, 6) is 2.63. The zero-order chi connectivity index (χ0) is 44.1. The van der Waals surface area contributed by atoms with Crippen LogP contribution in [0.5, 0.6) is 0 Å². The van der Waals surface area contributed by atoms with E-state index in [4.69, 9.17) is 18.9 Å². The summed E-state index contributed by atoms with van der Waals surface area (Å²) in [6.07, 6.45) is 23.6. The fourth-order valence-corrected chi connectivity index (χ4v) is 8.39. The van der Waals surface area contributed by atoms with E-state index in [-0.39, 0.29) is 36.0 Å². The van der Waals surface area contributed by atoms with Gasteiger partial charge in [0.15, 0.2) is 0 Å². The van der Waals surface area contributed by atoms with Crippen LogP contribution in [0.2, 0.25) is 0 Å². The third-order valence-electron chi connectivity index (χ3n) is 11.2. The van der Waals surface area contributed by atoms with Crippen molar-refractivity contribution in [1.29, 1.82) is 0 Å². The molecule has 2 aromatic rings. The molecule has 0 radical (unpaired) electrons. The van der Waals surface area contributed by atoms with Crippen LogP contribution in [0.1, 0.15) is 103 Å². The van der Waals surface area contributed by atoms with Crippen molar-refractivity contribution < 1.29 is 52.7 Å². The highest BCUT2D eigenvalue weighted by atomic mass is 35.5. The van der Waals surface area contributed by atoms with Gasteiger partial charge in [-0.1, -0.05) is 153 Å². The second kappa shape index (κ2) is 29.3. The van der Waals surface area contributed by atoms with E-state index in [9.17, 15) is 0 Å². The highest BCUT2D eigenvalue weighted by Gasteiger charge is 2.30. The van der Waals surface area contributed by atoms with Gasteiger partial charge in [0.1, 0.15) is 26.2 Å². The smallest absolute Gasteiger partial charge is 0.104 e. The van der Waals surface area contributed by atoms with Gasteiger partial charge < -0.3 is 52.7 Å². The summed E-state index contributed by atoms with van der Waals surface area (Å²) in [5.41, 5.74) is 5.35. The second-order valence-electron chi connectivity index (χ2n) is 20.7. The molecule has 2 aliphatic carbocycles.